The first-order valence-corrected chi connectivity index (χ1v) is 22.8. The number of hydrogen-bond acceptors (Lipinski definition) is 1. The van der Waals surface area contributed by atoms with E-state index in [0.29, 0.717) is 5.54 Å². The van der Waals surface area contributed by atoms with Gasteiger partial charge in [0.1, 0.15) is 0 Å². The molecule has 0 saturated heterocycles. The Labute approximate surface area is 301 Å². The molecule has 0 N–H and O–H groups in total. The van der Waals surface area contributed by atoms with Crippen LogP contribution in [0.2, 0.25) is 0 Å². The summed E-state index contributed by atoms with van der Waals surface area (Å²) in [4.78, 5) is 2.93. The van der Waals surface area contributed by atoms with Gasteiger partial charge in [-0.15, -0.1) is 0 Å². The van der Waals surface area contributed by atoms with Crippen molar-refractivity contribution in [3.8, 4) is 0 Å². The van der Waals surface area contributed by atoms with Crippen LogP contribution in [0.5, 0.6) is 0 Å². The Bertz CT molecular complexity index is 525. The maximum absolute atomic E-state index is 2.93. The molecule has 0 unspecified atom stereocenters. The molecule has 284 valence electrons. The van der Waals surface area contributed by atoms with Gasteiger partial charge in [0, 0.05) is 5.54 Å². The van der Waals surface area contributed by atoms with Gasteiger partial charge in [0.15, 0.2) is 0 Å². The Balaban J connectivity index is 4.21. The zero-order valence-electron chi connectivity index (χ0n) is 34.2. The Hall–Kier alpha value is -0.0400. The van der Waals surface area contributed by atoms with Crippen molar-refractivity contribution >= 4 is 0 Å². The van der Waals surface area contributed by atoms with E-state index in [9.17, 15) is 0 Å². The van der Waals surface area contributed by atoms with Crippen LogP contribution >= 0.6 is 0 Å². The minimum absolute atomic E-state index is 0.368. The van der Waals surface area contributed by atoms with Gasteiger partial charge >= 0.3 is 0 Å². The van der Waals surface area contributed by atoms with E-state index in [1.54, 1.807) is 0 Å². The van der Waals surface area contributed by atoms with E-state index in [1.165, 1.54) is 257 Å². The Kier molecular flexibility index (Phi) is 38.7. The van der Waals surface area contributed by atoms with Crippen molar-refractivity contribution in [1.29, 1.82) is 0 Å². The quantitative estimate of drug-likeness (QED) is 0.0589. The molecule has 1 nitrogen and oxygen atoms in total. The van der Waals surface area contributed by atoms with Gasteiger partial charge in [0.2, 0.25) is 0 Å². The average Bonchev–Trinajstić information content (AvgIpc) is 3.06. The molecule has 0 aliphatic rings. The van der Waals surface area contributed by atoms with Crippen LogP contribution in [0.3, 0.4) is 0 Å². The van der Waals surface area contributed by atoms with E-state index in [-0.39, 0.29) is 0 Å². The third-order valence-corrected chi connectivity index (χ3v) is 11.3. The summed E-state index contributed by atoms with van der Waals surface area (Å²) in [7, 11) is 0. The summed E-state index contributed by atoms with van der Waals surface area (Å²) >= 11 is 0. The molecule has 0 spiro atoms. The van der Waals surface area contributed by atoms with Crippen LogP contribution in [-0.2, 0) is 0 Å². The highest BCUT2D eigenvalue weighted by atomic mass is 15.2. The fraction of sp³-hybridized carbons (Fsp3) is 1.00. The lowest BCUT2D eigenvalue weighted by atomic mass is 9.92. The summed E-state index contributed by atoms with van der Waals surface area (Å²) < 4.78 is 0. The first-order chi connectivity index (χ1) is 23.1. The normalized spacial score (nSPS) is 12.1. The van der Waals surface area contributed by atoms with Crippen molar-refractivity contribution in [2.75, 3.05) is 13.1 Å². The number of nitrogens with zero attached hydrogens (tertiary/aromatic N) is 1. The molecule has 0 fully saturated rings. The predicted octanol–water partition coefficient (Wildman–Crippen LogP) is 17.0. The molecular weight excluding hydrogens is 567 g/mol. The van der Waals surface area contributed by atoms with E-state index in [0.717, 1.165) is 0 Å². The highest BCUT2D eigenvalue weighted by molar-refractivity contribution is 4.81. The topological polar surface area (TPSA) is 3.24 Å². The standard InChI is InChI=1S/C46H95N/c1-6-9-12-15-18-21-24-27-28-31-34-37-40-43-46(4,5)47(44-41-38-35-32-29-25-22-19-16-13-10-7-2)45-42-39-36-33-30-26-23-20-17-14-11-8-3/h6-45H2,1-5H3. The third kappa shape index (κ3) is 35.6. The molecule has 0 rings (SSSR count). The summed E-state index contributed by atoms with van der Waals surface area (Å²) in [6.07, 6.45) is 55.2. The molecule has 0 aliphatic carbocycles. The smallest absolute Gasteiger partial charge is 0.0153 e. The Morgan fingerprint density at radius 3 is 0.681 bits per heavy atom. The van der Waals surface area contributed by atoms with Crippen LogP contribution < -0.4 is 0 Å². The van der Waals surface area contributed by atoms with Crippen LogP contribution in [0.4, 0.5) is 0 Å². The summed E-state index contributed by atoms with van der Waals surface area (Å²) in [6, 6.07) is 0. The van der Waals surface area contributed by atoms with Crippen LogP contribution in [0.25, 0.3) is 0 Å². The van der Waals surface area contributed by atoms with E-state index >= 15 is 0 Å². The van der Waals surface area contributed by atoms with E-state index in [1.807, 2.05) is 0 Å². The van der Waals surface area contributed by atoms with Gasteiger partial charge in [-0.3, -0.25) is 4.90 Å². The minimum Gasteiger partial charge on any atom is -0.298 e. The van der Waals surface area contributed by atoms with Gasteiger partial charge in [-0.2, -0.15) is 0 Å². The lowest BCUT2D eigenvalue weighted by Crippen LogP contribution is -2.45. The molecular formula is C46H95N. The Morgan fingerprint density at radius 2 is 0.447 bits per heavy atom. The van der Waals surface area contributed by atoms with Crippen LogP contribution in [0, 0.1) is 0 Å². The molecule has 0 saturated carbocycles. The molecule has 0 aliphatic heterocycles. The zero-order valence-corrected chi connectivity index (χ0v) is 34.2. The highest BCUT2D eigenvalue weighted by Gasteiger charge is 2.25. The van der Waals surface area contributed by atoms with Crippen molar-refractivity contribution in [1.82, 2.24) is 4.90 Å². The number of unbranched alkanes of at least 4 members (excludes halogenated alkanes) is 34. The van der Waals surface area contributed by atoms with Gasteiger partial charge in [-0.05, 0) is 46.2 Å². The van der Waals surface area contributed by atoms with E-state index in [2.05, 4.69) is 39.5 Å². The predicted molar refractivity (Wildman–Crippen MR) is 218 cm³/mol. The zero-order chi connectivity index (χ0) is 34.4. The summed E-state index contributed by atoms with van der Waals surface area (Å²) in [6.45, 7) is 14.8. The van der Waals surface area contributed by atoms with Crippen molar-refractivity contribution < 1.29 is 0 Å². The minimum atomic E-state index is 0.368. The molecule has 0 radical (unpaired) electrons. The molecule has 0 bridgehead atoms. The number of hydrogen-bond donors (Lipinski definition) is 0. The maximum atomic E-state index is 2.93. The summed E-state index contributed by atoms with van der Waals surface area (Å²) in [5.41, 5.74) is 0.368. The van der Waals surface area contributed by atoms with Crippen LogP contribution in [0.15, 0.2) is 0 Å². The van der Waals surface area contributed by atoms with Gasteiger partial charge < -0.3 is 0 Å². The third-order valence-electron chi connectivity index (χ3n) is 11.3. The van der Waals surface area contributed by atoms with E-state index in [4.69, 9.17) is 0 Å². The second kappa shape index (κ2) is 38.8. The molecule has 0 aromatic carbocycles. The molecule has 47 heavy (non-hydrogen) atoms. The lowest BCUT2D eigenvalue weighted by Gasteiger charge is -2.39. The molecule has 1 heteroatoms. The highest BCUT2D eigenvalue weighted by Crippen LogP contribution is 2.25. The average molecular weight is 662 g/mol. The summed E-state index contributed by atoms with van der Waals surface area (Å²) in [5, 5.41) is 0. The number of rotatable bonds is 41. The maximum Gasteiger partial charge on any atom is 0.0153 e. The van der Waals surface area contributed by atoms with Gasteiger partial charge in [0.25, 0.3) is 0 Å². The largest absolute Gasteiger partial charge is 0.298 e. The summed E-state index contributed by atoms with van der Waals surface area (Å²) in [5.74, 6) is 0. The van der Waals surface area contributed by atoms with Gasteiger partial charge in [-0.1, -0.05) is 245 Å². The fourth-order valence-electron chi connectivity index (χ4n) is 7.74. The lowest BCUT2D eigenvalue weighted by molar-refractivity contribution is 0.102. The SMILES string of the molecule is CCCCCCCCCCCCCCCC(C)(C)N(CCCCCCCCCCCCCC)CCCCCCCCCCCCCC. The van der Waals surface area contributed by atoms with Gasteiger partial charge in [-0.25, -0.2) is 0 Å². The second-order valence-electron chi connectivity index (χ2n) is 16.6. The second-order valence-corrected chi connectivity index (χ2v) is 16.6. The molecule has 0 atom stereocenters. The van der Waals surface area contributed by atoms with Crippen molar-refractivity contribution in [3.05, 3.63) is 0 Å². The molecule has 0 aromatic rings. The molecule has 0 amide bonds. The van der Waals surface area contributed by atoms with E-state index < -0.39 is 0 Å². The van der Waals surface area contributed by atoms with Crippen molar-refractivity contribution in [2.24, 2.45) is 0 Å². The van der Waals surface area contributed by atoms with Crippen LogP contribution in [0.1, 0.15) is 279 Å². The van der Waals surface area contributed by atoms with Crippen molar-refractivity contribution in [2.45, 2.75) is 284 Å². The van der Waals surface area contributed by atoms with Crippen LogP contribution in [-0.4, -0.2) is 23.5 Å². The van der Waals surface area contributed by atoms with Gasteiger partial charge in [0.05, 0.1) is 0 Å². The monoisotopic (exact) mass is 662 g/mol. The first kappa shape index (κ1) is 47.0. The molecule has 0 heterocycles. The fourth-order valence-corrected chi connectivity index (χ4v) is 7.74. The van der Waals surface area contributed by atoms with Crippen molar-refractivity contribution in [3.63, 3.8) is 0 Å². The molecule has 0 aromatic heterocycles. The Morgan fingerprint density at radius 1 is 0.255 bits per heavy atom. The first-order valence-electron chi connectivity index (χ1n) is 22.8.